The number of ether oxygens (including phenoxy) is 1. The summed E-state index contributed by atoms with van der Waals surface area (Å²) < 4.78 is 5.06. The van der Waals surface area contributed by atoms with Crippen molar-refractivity contribution >= 4 is 5.97 Å². The van der Waals surface area contributed by atoms with Crippen molar-refractivity contribution in [2.24, 2.45) is 0 Å². The van der Waals surface area contributed by atoms with Gasteiger partial charge in [-0.05, 0) is 18.6 Å². The van der Waals surface area contributed by atoms with Gasteiger partial charge < -0.3 is 4.74 Å². The molecule has 0 aromatic heterocycles. The van der Waals surface area contributed by atoms with Gasteiger partial charge in [0.2, 0.25) is 0 Å². The van der Waals surface area contributed by atoms with Gasteiger partial charge in [0.1, 0.15) is 0 Å². The Morgan fingerprint density at radius 2 is 1.93 bits per heavy atom. The zero-order valence-corrected chi connectivity index (χ0v) is 8.24. The van der Waals surface area contributed by atoms with Crippen LogP contribution in [-0.4, -0.2) is 12.6 Å². The van der Waals surface area contributed by atoms with E-state index in [4.69, 9.17) is 4.74 Å². The van der Waals surface area contributed by atoms with Crippen molar-refractivity contribution in [3.8, 4) is 0 Å². The van der Waals surface area contributed by atoms with Gasteiger partial charge in [-0.25, -0.2) is 4.79 Å². The van der Waals surface area contributed by atoms with Crippen LogP contribution in [0.4, 0.5) is 0 Å². The lowest BCUT2D eigenvalue weighted by molar-refractivity contribution is 0.0498. The summed E-state index contributed by atoms with van der Waals surface area (Å²) in [6.45, 7) is 4.21. The minimum Gasteiger partial charge on any atom is -0.462 e. The Hall–Kier alpha value is -1.31. The van der Waals surface area contributed by atoms with Gasteiger partial charge in [0, 0.05) is 0 Å². The van der Waals surface area contributed by atoms with Gasteiger partial charge in [0.25, 0.3) is 0 Å². The van der Waals surface area contributed by atoms with Gasteiger partial charge in [0.15, 0.2) is 0 Å². The number of benzene rings is 1. The first-order chi connectivity index (χ1) is 6.84. The van der Waals surface area contributed by atoms with Crippen LogP contribution < -0.4 is 0 Å². The second kappa shape index (κ2) is 6.19. The SMILES string of the molecule is [CH2]CCCCOC(=O)c1ccccc1. The lowest BCUT2D eigenvalue weighted by atomic mass is 10.2. The molecule has 14 heavy (non-hydrogen) atoms. The summed E-state index contributed by atoms with van der Waals surface area (Å²) in [5.41, 5.74) is 0.613. The van der Waals surface area contributed by atoms with Crippen molar-refractivity contribution in [1.82, 2.24) is 0 Å². The Labute approximate surface area is 84.9 Å². The maximum atomic E-state index is 11.4. The Morgan fingerprint density at radius 1 is 1.21 bits per heavy atom. The first-order valence-corrected chi connectivity index (χ1v) is 4.86. The monoisotopic (exact) mass is 191 g/mol. The summed E-state index contributed by atoms with van der Waals surface area (Å²) in [5, 5.41) is 0. The highest BCUT2D eigenvalue weighted by atomic mass is 16.5. The standard InChI is InChI=1S/C12H15O2/c1-2-3-7-10-14-12(13)11-8-5-4-6-9-11/h4-6,8-9H,1-3,7,10H2. The largest absolute Gasteiger partial charge is 0.462 e. The van der Waals surface area contributed by atoms with Crippen LogP contribution in [0.25, 0.3) is 0 Å². The third-order valence-corrected chi connectivity index (χ3v) is 1.89. The highest BCUT2D eigenvalue weighted by molar-refractivity contribution is 5.89. The number of unbranched alkanes of at least 4 members (excludes halogenated alkanes) is 2. The van der Waals surface area contributed by atoms with E-state index in [1.54, 1.807) is 12.1 Å². The number of hydrogen-bond acceptors (Lipinski definition) is 2. The van der Waals surface area contributed by atoms with Crippen LogP contribution >= 0.6 is 0 Å². The van der Waals surface area contributed by atoms with E-state index in [1.807, 2.05) is 18.2 Å². The molecule has 0 amide bonds. The molecule has 0 bridgehead atoms. The quantitative estimate of drug-likeness (QED) is 0.528. The fourth-order valence-corrected chi connectivity index (χ4v) is 1.10. The molecule has 0 saturated heterocycles. The normalized spacial score (nSPS) is 9.79. The number of hydrogen-bond donors (Lipinski definition) is 0. The fourth-order valence-electron chi connectivity index (χ4n) is 1.10. The third kappa shape index (κ3) is 3.60. The number of carbonyl (C=O) groups excluding carboxylic acids is 1. The predicted molar refractivity (Wildman–Crippen MR) is 55.9 cm³/mol. The van der Waals surface area contributed by atoms with Crippen LogP contribution in [0, 0.1) is 6.92 Å². The average molecular weight is 191 g/mol. The summed E-state index contributed by atoms with van der Waals surface area (Å²) >= 11 is 0. The van der Waals surface area contributed by atoms with Gasteiger partial charge >= 0.3 is 5.97 Å². The van der Waals surface area contributed by atoms with Gasteiger partial charge in [-0.1, -0.05) is 38.0 Å². The smallest absolute Gasteiger partial charge is 0.338 e. The molecule has 0 aliphatic rings. The molecular formula is C12H15O2. The molecule has 0 aliphatic heterocycles. The number of rotatable bonds is 5. The van der Waals surface area contributed by atoms with E-state index in [1.165, 1.54) is 0 Å². The van der Waals surface area contributed by atoms with Crippen LogP contribution in [0.2, 0.25) is 0 Å². The summed E-state index contributed by atoms with van der Waals surface area (Å²) in [5.74, 6) is -0.241. The van der Waals surface area contributed by atoms with Gasteiger partial charge in [-0.3, -0.25) is 0 Å². The molecule has 0 heterocycles. The Balaban J connectivity index is 2.29. The molecule has 0 aliphatic carbocycles. The topological polar surface area (TPSA) is 26.3 Å². The van der Waals surface area contributed by atoms with Crippen molar-refractivity contribution in [2.75, 3.05) is 6.61 Å². The van der Waals surface area contributed by atoms with E-state index in [0.29, 0.717) is 12.2 Å². The fraction of sp³-hybridized carbons (Fsp3) is 0.333. The second-order valence-corrected chi connectivity index (χ2v) is 3.06. The van der Waals surface area contributed by atoms with Crippen molar-refractivity contribution < 1.29 is 9.53 Å². The summed E-state index contributed by atoms with van der Waals surface area (Å²) in [6, 6.07) is 9.03. The van der Waals surface area contributed by atoms with Crippen LogP contribution in [0.1, 0.15) is 29.6 Å². The summed E-state index contributed by atoms with van der Waals surface area (Å²) in [7, 11) is 0. The molecule has 1 radical (unpaired) electrons. The highest BCUT2D eigenvalue weighted by Crippen LogP contribution is 2.02. The second-order valence-electron chi connectivity index (χ2n) is 3.06. The molecule has 1 rings (SSSR count). The van der Waals surface area contributed by atoms with Gasteiger partial charge in [-0.2, -0.15) is 0 Å². The van der Waals surface area contributed by atoms with E-state index in [0.717, 1.165) is 19.3 Å². The summed E-state index contributed by atoms with van der Waals surface area (Å²) in [6.07, 6.45) is 2.78. The van der Waals surface area contributed by atoms with Crippen LogP contribution in [0.5, 0.6) is 0 Å². The molecule has 0 atom stereocenters. The molecule has 2 nitrogen and oxygen atoms in total. The minimum atomic E-state index is -0.241. The molecule has 0 saturated carbocycles. The van der Waals surface area contributed by atoms with Crippen molar-refractivity contribution in [3.05, 3.63) is 42.8 Å². The lowest BCUT2D eigenvalue weighted by Crippen LogP contribution is -2.05. The molecule has 1 aromatic rings. The zero-order valence-electron chi connectivity index (χ0n) is 8.24. The predicted octanol–water partition coefficient (Wildman–Crippen LogP) is 2.85. The minimum absolute atomic E-state index is 0.241. The molecule has 0 unspecified atom stereocenters. The van der Waals surface area contributed by atoms with Gasteiger partial charge in [0.05, 0.1) is 12.2 Å². The third-order valence-electron chi connectivity index (χ3n) is 1.89. The maximum absolute atomic E-state index is 11.4. The van der Waals surface area contributed by atoms with E-state index in [-0.39, 0.29) is 5.97 Å². The van der Waals surface area contributed by atoms with Crippen LogP contribution in [0.3, 0.4) is 0 Å². The van der Waals surface area contributed by atoms with E-state index < -0.39 is 0 Å². The van der Waals surface area contributed by atoms with Crippen molar-refractivity contribution in [3.63, 3.8) is 0 Å². The molecule has 75 valence electrons. The Bertz CT molecular complexity index is 267. The van der Waals surface area contributed by atoms with Crippen molar-refractivity contribution in [1.29, 1.82) is 0 Å². The highest BCUT2D eigenvalue weighted by Gasteiger charge is 2.04. The molecule has 0 spiro atoms. The van der Waals surface area contributed by atoms with Crippen LogP contribution in [0.15, 0.2) is 30.3 Å². The molecule has 0 fully saturated rings. The number of esters is 1. The van der Waals surface area contributed by atoms with Crippen LogP contribution in [-0.2, 0) is 4.74 Å². The molecular weight excluding hydrogens is 176 g/mol. The maximum Gasteiger partial charge on any atom is 0.338 e. The molecule has 1 aromatic carbocycles. The zero-order chi connectivity index (χ0) is 10.2. The average Bonchev–Trinajstić information content (AvgIpc) is 2.25. The first kappa shape index (κ1) is 10.8. The summed E-state index contributed by atoms with van der Waals surface area (Å²) in [4.78, 5) is 11.4. The van der Waals surface area contributed by atoms with Gasteiger partial charge in [-0.15, -0.1) is 0 Å². The number of carbonyl (C=O) groups is 1. The Morgan fingerprint density at radius 3 is 2.57 bits per heavy atom. The molecule has 2 heteroatoms. The van der Waals surface area contributed by atoms with Crippen molar-refractivity contribution in [2.45, 2.75) is 19.3 Å². The Kier molecular flexibility index (Phi) is 4.76. The first-order valence-electron chi connectivity index (χ1n) is 4.86. The van der Waals surface area contributed by atoms with E-state index in [2.05, 4.69) is 6.92 Å². The van der Waals surface area contributed by atoms with E-state index in [9.17, 15) is 4.79 Å². The molecule has 0 N–H and O–H groups in total. The lowest BCUT2D eigenvalue weighted by Gasteiger charge is -2.03. The van der Waals surface area contributed by atoms with E-state index >= 15 is 0 Å².